The lowest BCUT2D eigenvalue weighted by Gasteiger charge is -2.14. The number of rotatable bonds is 4. The molecule has 1 aromatic heterocycles. The molecule has 0 fully saturated rings. The normalized spacial score (nSPS) is 13.2. The van der Waals surface area contributed by atoms with Crippen molar-refractivity contribution in [3.63, 3.8) is 0 Å². The van der Waals surface area contributed by atoms with Gasteiger partial charge in [-0.3, -0.25) is 0 Å². The van der Waals surface area contributed by atoms with Crippen LogP contribution in [0.25, 0.3) is 0 Å². The Morgan fingerprint density at radius 1 is 1.19 bits per heavy atom. The average Bonchev–Trinajstić information content (AvgIpc) is 2.46. The molecule has 0 unspecified atom stereocenters. The zero-order valence-electron chi connectivity index (χ0n) is 11.4. The van der Waals surface area contributed by atoms with Crippen molar-refractivity contribution in [3.05, 3.63) is 53.7 Å². The van der Waals surface area contributed by atoms with Gasteiger partial charge in [0.15, 0.2) is 0 Å². The summed E-state index contributed by atoms with van der Waals surface area (Å²) in [6.45, 7) is 1.99. The number of halogens is 3. The Hall–Kier alpha value is -1.53. The highest BCUT2D eigenvalue weighted by Gasteiger charge is 2.30. The smallest absolute Gasteiger partial charge is 0.324 e. The van der Waals surface area contributed by atoms with Gasteiger partial charge in [0.1, 0.15) is 5.03 Å². The van der Waals surface area contributed by atoms with Crippen LogP contribution in [0.5, 0.6) is 0 Å². The third-order valence-electron chi connectivity index (χ3n) is 3.04. The largest absolute Gasteiger partial charge is 0.417 e. The Balaban J connectivity index is 2.23. The summed E-state index contributed by atoms with van der Waals surface area (Å²) in [6.07, 6.45) is -2.72. The van der Waals surface area contributed by atoms with E-state index in [0.717, 1.165) is 29.1 Å². The summed E-state index contributed by atoms with van der Waals surface area (Å²) in [4.78, 5) is 4.78. The summed E-state index contributed by atoms with van der Waals surface area (Å²) < 4.78 is 37.5. The highest BCUT2D eigenvalue weighted by Crippen LogP contribution is 2.34. The van der Waals surface area contributed by atoms with E-state index in [1.54, 1.807) is 0 Å². The minimum Gasteiger partial charge on any atom is -0.324 e. The molecule has 0 spiro atoms. The standard InChI is InChI=1S/C15H15F3N2S/c1-2-12(19)11-5-3-4-6-13(11)21-14-8-7-10(9-20-14)15(16,17)18/h3-9,12H,2,19H2,1H3/t12-/m0/s1. The van der Waals surface area contributed by atoms with E-state index in [0.29, 0.717) is 5.03 Å². The molecule has 2 rings (SSSR count). The maximum atomic E-state index is 12.5. The molecular formula is C15H15F3N2S. The average molecular weight is 312 g/mol. The third kappa shape index (κ3) is 3.98. The lowest BCUT2D eigenvalue weighted by atomic mass is 10.1. The van der Waals surface area contributed by atoms with Gasteiger partial charge in [0, 0.05) is 17.1 Å². The third-order valence-corrected chi connectivity index (χ3v) is 4.08. The number of hydrogen-bond acceptors (Lipinski definition) is 3. The second-order valence-electron chi connectivity index (χ2n) is 4.54. The molecule has 6 heteroatoms. The van der Waals surface area contributed by atoms with E-state index in [2.05, 4.69) is 4.98 Å². The van der Waals surface area contributed by atoms with Crippen molar-refractivity contribution in [1.29, 1.82) is 0 Å². The van der Waals surface area contributed by atoms with E-state index in [-0.39, 0.29) is 6.04 Å². The predicted octanol–water partition coefficient (Wildman–Crippen LogP) is 4.66. The Labute approximate surface area is 125 Å². The molecule has 2 nitrogen and oxygen atoms in total. The van der Waals surface area contributed by atoms with Crippen molar-refractivity contribution in [2.75, 3.05) is 0 Å². The van der Waals surface area contributed by atoms with E-state index in [4.69, 9.17) is 5.73 Å². The zero-order chi connectivity index (χ0) is 15.5. The molecule has 2 N–H and O–H groups in total. The monoisotopic (exact) mass is 312 g/mol. The van der Waals surface area contributed by atoms with Gasteiger partial charge < -0.3 is 5.73 Å². The van der Waals surface area contributed by atoms with Crippen LogP contribution in [0.1, 0.15) is 30.5 Å². The SMILES string of the molecule is CC[C@H](N)c1ccccc1Sc1ccc(C(F)(F)F)cn1. The van der Waals surface area contributed by atoms with Gasteiger partial charge in [-0.05, 0) is 30.2 Å². The molecule has 112 valence electrons. The number of pyridine rings is 1. The van der Waals surface area contributed by atoms with E-state index >= 15 is 0 Å². The van der Waals surface area contributed by atoms with Crippen LogP contribution in [0.3, 0.4) is 0 Å². The van der Waals surface area contributed by atoms with E-state index < -0.39 is 11.7 Å². The Morgan fingerprint density at radius 3 is 2.48 bits per heavy atom. The molecule has 0 amide bonds. The second-order valence-corrected chi connectivity index (χ2v) is 5.60. The van der Waals surface area contributed by atoms with Crippen LogP contribution in [0.4, 0.5) is 13.2 Å². The molecule has 21 heavy (non-hydrogen) atoms. The van der Waals surface area contributed by atoms with E-state index in [1.165, 1.54) is 17.8 Å². The first-order valence-corrected chi connectivity index (χ1v) is 7.29. The maximum absolute atomic E-state index is 12.5. The van der Waals surface area contributed by atoms with Crippen molar-refractivity contribution in [1.82, 2.24) is 4.98 Å². The molecule has 0 saturated heterocycles. The molecule has 0 aliphatic heterocycles. The zero-order valence-corrected chi connectivity index (χ0v) is 12.2. The van der Waals surface area contributed by atoms with Gasteiger partial charge in [0.25, 0.3) is 0 Å². The fourth-order valence-corrected chi connectivity index (χ4v) is 2.77. The van der Waals surface area contributed by atoms with Crippen LogP contribution in [-0.4, -0.2) is 4.98 Å². The minimum atomic E-state index is -4.36. The van der Waals surface area contributed by atoms with Gasteiger partial charge in [-0.2, -0.15) is 13.2 Å². The number of aromatic nitrogens is 1. The van der Waals surface area contributed by atoms with Gasteiger partial charge >= 0.3 is 6.18 Å². The Kier molecular flexibility index (Phi) is 4.90. The van der Waals surface area contributed by atoms with Crippen molar-refractivity contribution in [3.8, 4) is 0 Å². The quantitative estimate of drug-likeness (QED) is 0.892. The Bertz CT molecular complexity index is 597. The molecule has 0 aliphatic carbocycles. The first-order chi connectivity index (χ1) is 9.91. The molecular weight excluding hydrogens is 297 g/mol. The highest BCUT2D eigenvalue weighted by molar-refractivity contribution is 7.99. The predicted molar refractivity (Wildman–Crippen MR) is 77.0 cm³/mol. The van der Waals surface area contributed by atoms with Gasteiger partial charge in [0.2, 0.25) is 0 Å². The van der Waals surface area contributed by atoms with Crippen LogP contribution in [-0.2, 0) is 6.18 Å². The fraction of sp³-hybridized carbons (Fsp3) is 0.267. The van der Waals surface area contributed by atoms with Crippen molar-refractivity contribution >= 4 is 11.8 Å². The summed E-state index contributed by atoms with van der Waals surface area (Å²) in [6, 6.07) is 9.92. The van der Waals surface area contributed by atoms with Crippen LogP contribution in [0.2, 0.25) is 0 Å². The summed E-state index contributed by atoms with van der Waals surface area (Å²) in [5, 5.41) is 0.513. The lowest BCUT2D eigenvalue weighted by molar-refractivity contribution is -0.137. The number of alkyl halides is 3. The van der Waals surface area contributed by atoms with Crippen molar-refractivity contribution < 1.29 is 13.2 Å². The summed E-state index contributed by atoms with van der Waals surface area (Å²) in [7, 11) is 0. The highest BCUT2D eigenvalue weighted by atomic mass is 32.2. The van der Waals surface area contributed by atoms with Crippen molar-refractivity contribution in [2.24, 2.45) is 5.73 Å². The topological polar surface area (TPSA) is 38.9 Å². The molecule has 0 bridgehead atoms. The molecule has 0 aliphatic rings. The van der Waals surface area contributed by atoms with Gasteiger partial charge in [-0.25, -0.2) is 4.98 Å². The summed E-state index contributed by atoms with van der Waals surface area (Å²) in [5.74, 6) is 0. The van der Waals surface area contributed by atoms with Gasteiger partial charge in [-0.15, -0.1) is 0 Å². The minimum absolute atomic E-state index is 0.0943. The van der Waals surface area contributed by atoms with Crippen LogP contribution in [0.15, 0.2) is 52.5 Å². The number of benzene rings is 1. The molecule has 2 aromatic rings. The summed E-state index contributed by atoms with van der Waals surface area (Å²) >= 11 is 1.32. The van der Waals surface area contributed by atoms with E-state index in [9.17, 15) is 13.2 Å². The Morgan fingerprint density at radius 2 is 1.90 bits per heavy atom. The van der Waals surface area contributed by atoms with Crippen LogP contribution in [0, 0.1) is 0 Å². The van der Waals surface area contributed by atoms with Gasteiger partial charge in [0.05, 0.1) is 5.56 Å². The van der Waals surface area contributed by atoms with E-state index in [1.807, 2.05) is 31.2 Å². The summed E-state index contributed by atoms with van der Waals surface area (Å²) in [5.41, 5.74) is 6.28. The first-order valence-electron chi connectivity index (χ1n) is 6.47. The molecule has 0 saturated carbocycles. The maximum Gasteiger partial charge on any atom is 0.417 e. The lowest BCUT2D eigenvalue weighted by Crippen LogP contribution is -2.09. The van der Waals surface area contributed by atoms with Crippen LogP contribution < -0.4 is 5.73 Å². The molecule has 0 radical (unpaired) electrons. The number of nitrogens with two attached hydrogens (primary N) is 1. The van der Waals surface area contributed by atoms with Crippen LogP contribution >= 0.6 is 11.8 Å². The number of nitrogens with zero attached hydrogens (tertiary/aromatic N) is 1. The molecule has 1 aromatic carbocycles. The fourth-order valence-electron chi connectivity index (χ4n) is 1.82. The second kappa shape index (κ2) is 6.49. The molecule has 1 atom stereocenters. The first kappa shape index (κ1) is 15.9. The van der Waals surface area contributed by atoms with Crippen molar-refractivity contribution in [2.45, 2.75) is 35.5 Å². The van der Waals surface area contributed by atoms with Gasteiger partial charge in [-0.1, -0.05) is 36.9 Å². The number of hydrogen-bond donors (Lipinski definition) is 1. The molecule has 1 heterocycles.